The maximum atomic E-state index is 12.5. The van der Waals surface area contributed by atoms with E-state index in [1.807, 2.05) is 6.07 Å². The first kappa shape index (κ1) is 17.4. The Morgan fingerprint density at radius 2 is 2.10 bits per heavy atom. The molecule has 114 valence electrons. The fraction of sp³-hybridized carbons (Fsp3) is 0.385. The second-order valence-electron chi connectivity index (χ2n) is 4.84. The van der Waals surface area contributed by atoms with Gasteiger partial charge in [0.25, 0.3) is 0 Å². The lowest BCUT2D eigenvalue weighted by molar-refractivity contribution is -0.137. The summed E-state index contributed by atoms with van der Waals surface area (Å²) >= 11 is 5.83. The van der Waals surface area contributed by atoms with Crippen molar-refractivity contribution in [1.82, 2.24) is 4.31 Å². The Kier molecular flexibility index (Phi) is 5.72. The lowest BCUT2D eigenvalue weighted by atomic mass is 10.2. The van der Waals surface area contributed by atoms with Crippen LogP contribution in [0.5, 0.6) is 0 Å². The highest BCUT2D eigenvalue weighted by molar-refractivity contribution is 7.89. The van der Waals surface area contributed by atoms with Crippen LogP contribution in [0.2, 0.25) is 5.02 Å². The second kappa shape index (κ2) is 6.89. The van der Waals surface area contributed by atoms with E-state index in [0.29, 0.717) is 0 Å². The molecule has 0 aliphatic heterocycles. The molecule has 0 bridgehead atoms. The Morgan fingerprint density at radius 3 is 2.52 bits per heavy atom. The van der Waals surface area contributed by atoms with Gasteiger partial charge in [0.15, 0.2) is 0 Å². The minimum Gasteiger partial charge on any atom is -0.480 e. The number of hydrogen-bond donors (Lipinski definition) is 1. The Morgan fingerprint density at radius 1 is 1.48 bits per heavy atom. The van der Waals surface area contributed by atoms with Crippen LogP contribution in [0, 0.1) is 17.2 Å². The zero-order chi connectivity index (χ0) is 16.2. The summed E-state index contributed by atoms with van der Waals surface area (Å²) in [7, 11) is -3.98. The van der Waals surface area contributed by atoms with E-state index in [0.717, 1.165) is 10.4 Å². The number of rotatable bonds is 6. The van der Waals surface area contributed by atoms with E-state index in [9.17, 15) is 13.2 Å². The highest BCUT2D eigenvalue weighted by atomic mass is 35.5. The van der Waals surface area contributed by atoms with Gasteiger partial charge in [-0.2, -0.15) is 9.57 Å². The van der Waals surface area contributed by atoms with E-state index >= 15 is 0 Å². The van der Waals surface area contributed by atoms with Crippen LogP contribution in [0.25, 0.3) is 0 Å². The largest absolute Gasteiger partial charge is 0.480 e. The number of carboxylic acids is 1. The van der Waals surface area contributed by atoms with E-state index < -0.39 is 22.5 Å². The number of carbonyl (C=O) groups is 1. The predicted octanol–water partition coefficient (Wildman–Crippen LogP) is 1.94. The van der Waals surface area contributed by atoms with Crippen LogP contribution in [0.3, 0.4) is 0 Å². The van der Waals surface area contributed by atoms with Crippen molar-refractivity contribution in [2.24, 2.45) is 5.92 Å². The van der Waals surface area contributed by atoms with Gasteiger partial charge in [0.05, 0.1) is 15.5 Å². The molecule has 1 rings (SSSR count). The number of aliphatic carboxylic acids is 1. The van der Waals surface area contributed by atoms with E-state index in [-0.39, 0.29) is 27.9 Å². The maximum absolute atomic E-state index is 12.5. The van der Waals surface area contributed by atoms with Gasteiger partial charge < -0.3 is 5.11 Å². The van der Waals surface area contributed by atoms with E-state index in [1.165, 1.54) is 12.1 Å². The van der Waals surface area contributed by atoms with Gasteiger partial charge >= 0.3 is 5.97 Å². The molecule has 0 aliphatic rings. The zero-order valence-electron chi connectivity index (χ0n) is 11.6. The van der Waals surface area contributed by atoms with Gasteiger partial charge in [-0.3, -0.25) is 4.79 Å². The predicted molar refractivity (Wildman–Crippen MR) is 77.4 cm³/mol. The molecule has 0 aromatic heterocycles. The molecule has 6 nitrogen and oxygen atoms in total. The second-order valence-corrected chi connectivity index (χ2v) is 7.18. The van der Waals surface area contributed by atoms with Gasteiger partial charge in [-0.1, -0.05) is 25.4 Å². The third-order valence-corrected chi connectivity index (χ3v) is 4.70. The third-order valence-electron chi connectivity index (χ3n) is 2.58. The highest BCUT2D eigenvalue weighted by Gasteiger charge is 2.27. The molecule has 0 heterocycles. The van der Waals surface area contributed by atoms with Crippen LogP contribution in [-0.4, -0.2) is 36.9 Å². The minimum absolute atomic E-state index is 0.0124. The molecule has 8 heteroatoms. The molecule has 0 saturated heterocycles. The molecule has 1 aromatic carbocycles. The molecule has 0 fully saturated rings. The lowest BCUT2D eigenvalue weighted by Crippen LogP contribution is -2.38. The zero-order valence-corrected chi connectivity index (χ0v) is 13.1. The Hall–Kier alpha value is -1.62. The molecule has 1 aromatic rings. The topological polar surface area (TPSA) is 98.5 Å². The van der Waals surface area contributed by atoms with Crippen LogP contribution in [-0.2, 0) is 14.8 Å². The fourth-order valence-corrected chi connectivity index (χ4v) is 3.57. The third kappa shape index (κ3) is 4.43. The van der Waals surface area contributed by atoms with Crippen molar-refractivity contribution >= 4 is 27.6 Å². The number of hydrogen-bond acceptors (Lipinski definition) is 4. The molecule has 0 unspecified atom stereocenters. The Labute approximate surface area is 128 Å². The van der Waals surface area contributed by atoms with E-state index in [2.05, 4.69) is 0 Å². The summed E-state index contributed by atoms with van der Waals surface area (Å²) in [6.45, 7) is 3.02. The normalized spacial score (nSPS) is 11.6. The van der Waals surface area contributed by atoms with Gasteiger partial charge in [0.1, 0.15) is 12.6 Å². The monoisotopic (exact) mass is 330 g/mol. The lowest BCUT2D eigenvalue weighted by Gasteiger charge is -2.22. The molecule has 0 amide bonds. The molecule has 0 atom stereocenters. The average molecular weight is 331 g/mol. The van der Waals surface area contributed by atoms with Crippen LogP contribution < -0.4 is 0 Å². The molecule has 0 radical (unpaired) electrons. The van der Waals surface area contributed by atoms with Gasteiger partial charge in [0, 0.05) is 6.54 Å². The van der Waals surface area contributed by atoms with Crippen molar-refractivity contribution in [3.63, 3.8) is 0 Å². The van der Waals surface area contributed by atoms with Crippen molar-refractivity contribution in [3.8, 4) is 6.07 Å². The summed E-state index contributed by atoms with van der Waals surface area (Å²) in [4.78, 5) is 10.7. The molecule has 0 aliphatic carbocycles. The van der Waals surface area contributed by atoms with Gasteiger partial charge in [-0.15, -0.1) is 0 Å². The quantitative estimate of drug-likeness (QED) is 0.859. The SMILES string of the molecule is CC(C)CN(CC(=O)O)S(=O)(=O)c1ccc(C#N)c(Cl)c1. The first-order valence-electron chi connectivity index (χ1n) is 6.10. The molecular formula is C13H15ClN2O4S. The summed E-state index contributed by atoms with van der Waals surface area (Å²) in [5.74, 6) is -1.27. The molecule has 21 heavy (non-hydrogen) atoms. The number of nitrogens with zero attached hydrogens (tertiary/aromatic N) is 2. The standard InChI is InChI=1S/C13H15ClN2O4S/c1-9(2)7-16(8-13(17)18)21(19,20)11-4-3-10(6-15)12(14)5-11/h3-5,9H,7-8H2,1-2H3,(H,17,18). The highest BCUT2D eigenvalue weighted by Crippen LogP contribution is 2.23. The number of nitriles is 1. The average Bonchev–Trinajstić information content (AvgIpc) is 2.36. The number of benzene rings is 1. The van der Waals surface area contributed by atoms with Crippen molar-refractivity contribution in [2.75, 3.05) is 13.1 Å². The molecular weight excluding hydrogens is 316 g/mol. The van der Waals surface area contributed by atoms with Crippen LogP contribution in [0.15, 0.2) is 23.1 Å². The number of sulfonamides is 1. The summed E-state index contributed by atoms with van der Waals surface area (Å²) in [5, 5.41) is 17.7. The first-order chi connectivity index (χ1) is 9.68. The fourth-order valence-electron chi connectivity index (χ4n) is 1.70. The van der Waals surface area contributed by atoms with Gasteiger partial charge in [-0.25, -0.2) is 8.42 Å². The summed E-state index contributed by atoms with van der Waals surface area (Å²) < 4.78 is 25.8. The Bertz CT molecular complexity index is 680. The van der Waals surface area contributed by atoms with Crippen molar-refractivity contribution in [3.05, 3.63) is 28.8 Å². The van der Waals surface area contributed by atoms with Crippen LogP contribution in [0.4, 0.5) is 0 Å². The van der Waals surface area contributed by atoms with Crippen LogP contribution >= 0.6 is 11.6 Å². The Balaban J connectivity index is 3.25. The summed E-state index contributed by atoms with van der Waals surface area (Å²) in [6, 6.07) is 5.53. The molecule has 1 N–H and O–H groups in total. The maximum Gasteiger partial charge on any atom is 0.318 e. The minimum atomic E-state index is -3.98. The van der Waals surface area contributed by atoms with Crippen molar-refractivity contribution < 1.29 is 18.3 Å². The van der Waals surface area contributed by atoms with Crippen molar-refractivity contribution in [2.45, 2.75) is 18.7 Å². The van der Waals surface area contributed by atoms with E-state index in [1.54, 1.807) is 13.8 Å². The van der Waals surface area contributed by atoms with Gasteiger partial charge in [-0.05, 0) is 24.1 Å². The smallest absolute Gasteiger partial charge is 0.318 e. The van der Waals surface area contributed by atoms with E-state index in [4.69, 9.17) is 22.0 Å². The van der Waals surface area contributed by atoms with Crippen LogP contribution in [0.1, 0.15) is 19.4 Å². The first-order valence-corrected chi connectivity index (χ1v) is 7.92. The summed E-state index contributed by atoms with van der Waals surface area (Å²) in [6.07, 6.45) is 0. The molecule has 0 spiro atoms. The molecule has 0 saturated carbocycles. The number of halogens is 1. The van der Waals surface area contributed by atoms with Gasteiger partial charge in [0.2, 0.25) is 10.0 Å². The number of carboxylic acid groups (broad SMARTS) is 1. The van der Waals surface area contributed by atoms with Crippen molar-refractivity contribution in [1.29, 1.82) is 5.26 Å². The summed E-state index contributed by atoms with van der Waals surface area (Å²) in [5.41, 5.74) is 0.157.